The van der Waals surface area contributed by atoms with Gasteiger partial charge in [0.05, 0.1) is 7.11 Å². The first kappa shape index (κ1) is 20.9. The number of ether oxygens (including phenoxy) is 1. The van der Waals surface area contributed by atoms with Gasteiger partial charge in [0.25, 0.3) is 5.89 Å². The smallest absolute Gasteiger partial charge is 0.278 e. The molecular weight excluding hydrogens is 416 g/mol. The Balaban J connectivity index is 1.25. The van der Waals surface area contributed by atoms with E-state index in [0.29, 0.717) is 17.4 Å². The van der Waals surface area contributed by atoms with Crippen LogP contribution in [0.3, 0.4) is 0 Å². The zero-order chi connectivity index (χ0) is 22.8. The van der Waals surface area contributed by atoms with Crippen LogP contribution in [0, 0.1) is 13.8 Å². The molecule has 4 aromatic rings. The van der Waals surface area contributed by atoms with Crippen molar-refractivity contribution in [1.82, 2.24) is 20.3 Å². The van der Waals surface area contributed by atoms with Crippen LogP contribution in [0.1, 0.15) is 11.1 Å². The lowest BCUT2D eigenvalue weighted by molar-refractivity contribution is 0.414. The molecule has 2 aromatic carbocycles. The fourth-order valence-electron chi connectivity index (χ4n) is 4.05. The third-order valence-corrected chi connectivity index (χ3v) is 6.16. The summed E-state index contributed by atoms with van der Waals surface area (Å²) in [6, 6.07) is 17.8. The lowest BCUT2D eigenvalue weighted by Crippen LogP contribution is -2.47. The molecule has 3 heterocycles. The lowest BCUT2D eigenvalue weighted by Gasteiger charge is -2.37. The van der Waals surface area contributed by atoms with Crippen molar-refractivity contribution >= 4 is 11.5 Å². The van der Waals surface area contributed by atoms with Crippen LogP contribution in [0.5, 0.6) is 5.75 Å². The molecule has 0 saturated carbocycles. The van der Waals surface area contributed by atoms with Crippen molar-refractivity contribution in [2.24, 2.45) is 0 Å². The number of anilines is 2. The van der Waals surface area contributed by atoms with Crippen molar-refractivity contribution in [3.05, 3.63) is 65.7 Å². The molecule has 33 heavy (non-hydrogen) atoms. The van der Waals surface area contributed by atoms with Gasteiger partial charge in [-0.1, -0.05) is 17.3 Å². The van der Waals surface area contributed by atoms with Crippen LogP contribution in [-0.4, -0.2) is 53.6 Å². The van der Waals surface area contributed by atoms with Crippen LogP contribution >= 0.6 is 0 Å². The van der Waals surface area contributed by atoms with Crippen LogP contribution in [-0.2, 0) is 0 Å². The Labute approximate surface area is 192 Å². The summed E-state index contributed by atoms with van der Waals surface area (Å²) in [4.78, 5) is 9.17. The number of aryl methyl sites for hydroxylation is 1. The molecule has 0 radical (unpaired) electrons. The van der Waals surface area contributed by atoms with E-state index in [1.165, 1.54) is 16.8 Å². The van der Waals surface area contributed by atoms with Crippen LogP contribution in [0.2, 0.25) is 0 Å². The average molecular weight is 443 g/mol. The van der Waals surface area contributed by atoms with Crippen molar-refractivity contribution in [3.63, 3.8) is 0 Å². The van der Waals surface area contributed by atoms with Gasteiger partial charge in [-0.2, -0.15) is 4.98 Å². The first-order chi connectivity index (χ1) is 16.1. The standard InChI is InChI=1S/C25H26N6O2/c1-17-5-4-6-22(18(17)2)30-13-15-31(16-14-30)23-12-11-21(27-28-23)25-26-24(29-33-25)19-7-9-20(32-3)10-8-19/h4-12H,13-16H2,1-3H3. The van der Waals surface area contributed by atoms with E-state index < -0.39 is 0 Å². The van der Waals surface area contributed by atoms with Gasteiger partial charge in [-0.15, -0.1) is 10.2 Å². The highest BCUT2D eigenvalue weighted by molar-refractivity contribution is 5.60. The molecule has 1 fully saturated rings. The largest absolute Gasteiger partial charge is 0.497 e. The Morgan fingerprint density at radius 2 is 1.61 bits per heavy atom. The minimum Gasteiger partial charge on any atom is -0.497 e. The molecule has 1 aliphatic rings. The quantitative estimate of drug-likeness (QED) is 0.456. The molecule has 8 nitrogen and oxygen atoms in total. The number of methoxy groups -OCH3 is 1. The fraction of sp³-hybridized carbons (Fsp3) is 0.280. The number of piperazine rings is 1. The molecule has 1 aliphatic heterocycles. The van der Waals surface area contributed by atoms with Crippen molar-refractivity contribution in [2.75, 3.05) is 43.1 Å². The maximum Gasteiger partial charge on any atom is 0.278 e. The van der Waals surface area contributed by atoms with Crippen LogP contribution in [0.25, 0.3) is 23.0 Å². The Morgan fingerprint density at radius 3 is 2.30 bits per heavy atom. The van der Waals surface area contributed by atoms with E-state index in [-0.39, 0.29) is 0 Å². The molecule has 0 bridgehead atoms. The lowest BCUT2D eigenvalue weighted by atomic mass is 10.1. The van der Waals surface area contributed by atoms with E-state index in [4.69, 9.17) is 9.26 Å². The number of aromatic nitrogens is 4. The van der Waals surface area contributed by atoms with Crippen molar-refractivity contribution in [2.45, 2.75) is 13.8 Å². The third kappa shape index (κ3) is 4.24. The predicted octanol–water partition coefficient (Wildman–Crippen LogP) is 4.15. The minimum absolute atomic E-state index is 0.347. The summed E-state index contributed by atoms with van der Waals surface area (Å²) in [6.45, 7) is 8.03. The molecule has 0 amide bonds. The zero-order valence-electron chi connectivity index (χ0n) is 19.0. The van der Waals surface area contributed by atoms with Crippen LogP contribution in [0.4, 0.5) is 11.5 Å². The number of hydrogen-bond acceptors (Lipinski definition) is 8. The fourth-order valence-corrected chi connectivity index (χ4v) is 4.05. The van der Waals surface area contributed by atoms with Gasteiger partial charge >= 0.3 is 0 Å². The van der Waals surface area contributed by atoms with E-state index >= 15 is 0 Å². The Bertz CT molecular complexity index is 1230. The van der Waals surface area contributed by atoms with E-state index in [1.807, 2.05) is 36.4 Å². The molecule has 0 unspecified atom stereocenters. The van der Waals surface area contributed by atoms with Crippen LogP contribution < -0.4 is 14.5 Å². The first-order valence-corrected chi connectivity index (χ1v) is 11.0. The summed E-state index contributed by atoms with van der Waals surface area (Å²) in [5.41, 5.74) is 5.40. The van der Waals surface area contributed by atoms with Crippen LogP contribution in [0.15, 0.2) is 59.1 Å². The third-order valence-electron chi connectivity index (χ3n) is 6.16. The minimum atomic E-state index is 0.347. The molecular formula is C25H26N6O2. The first-order valence-electron chi connectivity index (χ1n) is 11.0. The number of benzene rings is 2. The van der Waals surface area contributed by atoms with Gasteiger partial charge in [-0.25, -0.2) is 0 Å². The summed E-state index contributed by atoms with van der Waals surface area (Å²) in [5.74, 6) is 2.48. The molecule has 0 N–H and O–H groups in total. The highest BCUT2D eigenvalue weighted by Crippen LogP contribution is 2.26. The second kappa shape index (κ2) is 8.90. The molecule has 0 spiro atoms. The molecule has 2 aromatic heterocycles. The van der Waals surface area contributed by atoms with E-state index in [2.05, 4.69) is 62.2 Å². The molecule has 0 atom stereocenters. The number of rotatable bonds is 5. The molecule has 8 heteroatoms. The van der Waals surface area contributed by atoms with Gasteiger partial charge in [0.2, 0.25) is 5.82 Å². The van der Waals surface area contributed by atoms with Gasteiger partial charge < -0.3 is 19.1 Å². The highest BCUT2D eigenvalue weighted by atomic mass is 16.5. The number of nitrogens with zero attached hydrogens (tertiary/aromatic N) is 6. The maximum atomic E-state index is 5.42. The predicted molar refractivity (Wildman–Crippen MR) is 128 cm³/mol. The summed E-state index contributed by atoms with van der Waals surface area (Å²) in [6.07, 6.45) is 0. The molecule has 1 saturated heterocycles. The summed E-state index contributed by atoms with van der Waals surface area (Å²) in [5, 5.41) is 12.8. The number of hydrogen-bond donors (Lipinski definition) is 0. The van der Waals surface area contributed by atoms with Gasteiger partial charge in [0.15, 0.2) is 11.5 Å². The van der Waals surface area contributed by atoms with E-state index in [9.17, 15) is 0 Å². The second-order valence-electron chi connectivity index (χ2n) is 8.12. The summed E-state index contributed by atoms with van der Waals surface area (Å²) in [7, 11) is 1.63. The highest BCUT2D eigenvalue weighted by Gasteiger charge is 2.21. The van der Waals surface area contributed by atoms with E-state index in [1.54, 1.807) is 7.11 Å². The average Bonchev–Trinajstić information content (AvgIpc) is 3.36. The Hall–Kier alpha value is -3.94. The monoisotopic (exact) mass is 442 g/mol. The van der Waals surface area contributed by atoms with Gasteiger partial charge in [0.1, 0.15) is 5.75 Å². The summed E-state index contributed by atoms with van der Waals surface area (Å²) < 4.78 is 10.6. The van der Waals surface area contributed by atoms with Gasteiger partial charge in [-0.05, 0) is 67.4 Å². The van der Waals surface area contributed by atoms with Crippen molar-refractivity contribution in [3.8, 4) is 28.7 Å². The molecule has 0 aliphatic carbocycles. The Morgan fingerprint density at radius 1 is 0.848 bits per heavy atom. The topological polar surface area (TPSA) is 80.4 Å². The van der Waals surface area contributed by atoms with Crippen molar-refractivity contribution < 1.29 is 9.26 Å². The zero-order valence-corrected chi connectivity index (χ0v) is 19.0. The molecule has 168 valence electrons. The maximum absolute atomic E-state index is 5.42. The van der Waals surface area contributed by atoms with E-state index in [0.717, 1.165) is 43.3 Å². The summed E-state index contributed by atoms with van der Waals surface area (Å²) >= 11 is 0. The normalized spacial score (nSPS) is 13.9. The Kier molecular flexibility index (Phi) is 5.64. The van der Waals surface area contributed by atoms with Crippen molar-refractivity contribution in [1.29, 1.82) is 0 Å². The second-order valence-corrected chi connectivity index (χ2v) is 8.12. The van der Waals surface area contributed by atoms with Gasteiger partial charge in [0, 0.05) is 37.4 Å². The van der Waals surface area contributed by atoms with Gasteiger partial charge in [-0.3, -0.25) is 0 Å². The molecule has 5 rings (SSSR count). The SMILES string of the molecule is COc1ccc(-c2noc(-c3ccc(N4CCN(c5cccc(C)c5C)CC4)nn3)n2)cc1.